The van der Waals surface area contributed by atoms with Crippen molar-refractivity contribution in [1.29, 1.82) is 0 Å². The first-order valence-corrected chi connectivity index (χ1v) is 10.4. The number of aldehydes is 1. The Morgan fingerprint density at radius 3 is 2.47 bits per heavy atom. The van der Waals surface area contributed by atoms with Gasteiger partial charge in [0.25, 0.3) is 11.6 Å². The monoisotopic (exact) mass is 430 g/mol. The fourth-order valence-electron chi connectivity index (χ4n) is 3.76. The lowest BCUT2D eigenvalue weighted by Gasteiger charge is -2.39. The fraction of sp³-hybridized carbons (Fsp3) is 0.217. The molecule has 1 saturated heterocycles. The van der Waals surface area contributed by atoms with Gasteiger partial charge in [-0.2, -0.15) is 4.98 Å². The zero-order chi connectivity index (χ0) is 21.8. The molecule has 1 fully saturated rings. The van der Waals surface area contributed by atoms with Crippen molar-refractivity contribution in [3.8, 4) is 28.4 Å². The van der Waals surface area contributed by atoms with E-state index in [1.165, 1.54) is 0 Å². The zero-order valence-corrected chi connectivity index (χ0v) is 17.3. The van der Waals surface area contributed by atoms with Crippen LogP contribution in [0.4, 0.5) is 0 Å². The molecule has 0 amide bonds. The molecule has 2 aromatic heterocycles. The molecule has 5 rings (SSSR count). The number of piperazine rings is 1. The number of aromatic amines is 1. The van der Waals surface area contributed by atoms with Crippen molar-refractivity contribution in [3.05, 3.63) is 73.0 Å². The van der Waals surface area contributed by atoms with Crippen molar-refractivity contribution >= 4 is 6.29 Å². The summed E-state index contributed by atoms with van der Waals surface area (Å²) in [4.78, 5) is 26.1. The van der Waals surface area contributed by atoms with Crippen LogP contribution in [0.25, 0.3) is 22.6 Å². The van der Waals surface area contributed by atoms with E-state index in [0.717, 1.165) is 36.2 Å². The number of H-pyrrole nitrogens is 1. The summed E-state index contributed by atoms with van der Waals surface area (Å²) in [6.07, 6.45) is 4.13. The lowest BCUT2D eigenvalue weighted by atomic mass is 10.1. The maximum absolute atomic E-state index is 12.5. The van der Waals surface area contributed by atoms with E-state index in [0.29, 0.717) is 24.7 Å². The molecule has 0 bridgehead atoms. The summed E-state index contributed by atoms with van der Waals surface area (Å²) < 4.78 is 11.8. The van der Waals surface area contributed by atoms with E-state index in [-0.39, 0.29) is 5.89 Å². The maximum atomic E-state index is 12.5. The van der Waals surface area contributed by atoms with Crippen LogP contribution in [0.2, 0.25) is 0 Å². The van der Waals surface area contributed by atoms with Crippen molar-refractivity contribution in [3.63, 3.8) is 0 Å². The van der Waals surface area contributed by atoms with Crippen LogP contribution in [-0.4, -0.2) is 57.5 Å². The number of hydrogen-bond donors (Lipinski definition) is 2. The molecule has 2 N–H and O–H groups in total. The number of carbonyl (C=O) groups is 1. The Hall–Kier alpha value is -3.82. The van der Waals surface area contributed by atoms with Crippen LogP contribution in [-0.2, 0) is 10.5 Å². The summed E-state index contributed by atoms with van der Waals surface area (Å²) in [5.41, 5.74) is 1.17. The highest BCUT2D eigenvalue weighted by Crippen LogP contribution is 2.31. The molecule has 162 valence electrons. The van der Waals surface area contributed by atoms with Crippen LogP contribution in [0.5, 0.6) is 5.75 Å². The largest absolute Gasteiger partial charge is 0.456 e. The Morgan fingerprint density at radius 2 is 1.78 bits per heavy atom. The average Bonchev–Trinajstić information content (AvgIpc) is 3.57. The molecule has 0 saturated carbocycles. The van der Waals surface area contributed by atoms with E-state index < -0.39 is 5.72 Å². The minimum absolute atomic E-state index is 0.103. The van der Waals surface area contributed by atoms with Crippen LogP contribution in [0.3, 0.4) is 0 Å². The van der Waals surface area contributed by atoms with Gasteiger partial charge in [0.15, 0.2) is 6.29 Å². The molecule has 2 aromatic carbocycles. The van der Waals surface area contributed by atoms with Crippen LogP contribution >= 0.6 is 0 Å². The molecule has 1 unspecified atom stereocenters. The van der Waals surface area contributed by atoms with E-state index >= 15 is 0 Å². The lowest BCUT2D eigenvalue weighted by Crippen LogP contribution is -2.58. The summed E-state index contributed by atoms with van der Waals surface area (Å²) in [6.45, 7) is 2.65. The van der Waals surface area contributed by atoms with Crippen LogP contribution in [0.1, 0.15) is 5.89 Å². The molecule has 1 aliphatic heterocycles. The molecule has 0 radical (unpaired) electrons. The Kier molecular flexibility index (Phi) is 5.49. The van der Waals surface area contributed by atoms with Gasteiger partial charge in [-0.25, -0.2) is 9.88 Å². The molecule has 32 heavy (non-hydrogen) atoms. The number of ether oxygens (including phenoxy) is 1. The predicted octanol–water partition coefficient (Wildman–Crippen LogP) is 2.46. The van der Waals surface area contributed by atoms with Crippen molar-refractivity contribution in [1.82, 2.24) is 30.3 Å². The third-order valence-electron chi connectivity index (χ3n) is 5.45. The smallest absolute Gasteiger partial charge is 0.299 e. The highest BCUT2D eigenvalue weighted by atomic mass is 16.6. The minimum atomic E-state index is -1.51. The lowest BCUT2D eigenvalue weighted by molar-refractivity contribution is -0.150. The Morgan fingerprint density at radius 1 is 1.03 bits per heavy atom. The van der Waals surface area contributed by atoms with Gasteiger partial charge in [0.2, 0.25) is 5.82 Å². The molecular weight excluding hydrogens is 408 g/mol. The quantitative estimate of drug-likeness (QED) is 0.431. The molecule has 4 aromatic rings. The van der Waals surface area contributed by atoms with Gasteiger partial charge < -0.3 is 19.6 Å². The second-order valence-corrected chi connectivity index (χ2v) is 7.43. The van der Waals surface area contributed by atoms with E-state index in [9.17, 15) is 4.79 Å². The number of imidazole rings is 1. The second kappa shape index (κ2) is 8.74. The van der Waals surface area contributed by atoms with Crippen molar-refractivity contribution < 1.29 is 14.1 Å². The average molecular weight is 430 g/mol. The van der Waals surface area contributed by atoms with Gasteiger partial charge in [0.1, 0.15) is 5.75 Å². The molecule has 0 aliphatic carbocycles. The van der Waals surface area contributed by atoms with Crippen LogP contribution in [0, 0.1) is 0 Å². The van der Waals surface area contributed by atoms with Crippen molar-refractivity contribution in [2.24, 2.45) is 0 Å². The van der Waals surface area contributed by atoms with Gasteiger partial charge in [-0.1, -0.05) is 47.6 Å². The molecule has 9 heteroatoms. The molecule has 0 spiro atoms. The second-order valence-electron chi connectivity index (χ2n) is 7.43. The van der Waals surface area contributed by atoms with Gasteiger partial charge >= 0.3 is 0 Å². The third kappa shape index (κ3) is 3.79. The Bertz CT molecular complexity index is 1150. The first-order chi connectivity index (χ1) is 15.8. The van der Waals surface area contributed by atoms with E-state index in [1.54, 1.807) is 24.7 Å². The number of nitrogens with one attached hydrogen (secondary N) is 2. The summed E-state index contributed by atoms with van der Waals surface area (Å²) >= 11 is 0. The van der Waals surface area contributed by atoms with E-state index in [2.05, 4.69) is 25.4 Å². The summed E-state index contributed by atoms with van der Waals surface area (Å²) in [6, 6.07) is 16.9. The van der Waals surface area contributed by atoms with Crippen molar-refractivity contribution in [2.45, 2.75) is 5.72 Å². The number of nitrogens with zero attached hydrogens (tertiary/aromatic N) is 4. The Balaban J connectivity index is 1.49. The summed E-state index contributed by atoms with van der Waals surface area (Å²) in [5, 5.41) is 7.43. The first kappa shape index (κ1) is 20.1. The zero-order valence-electron chi connectivity index (χ0n) is 17.3. The fourth-order valence-corrected chi connectivity index (χ4v) is 3.76. The predicted molar refractivity (Wildman–Crippen MR) is 117 cm³/mol. The van der Waals surface area contributed by atoms with Gasteiger partial charge in [0.05, 0.1) is 18.2 Å². The molecule has 1 aliphatic rings. The van der Waals surface area contributed by atoms with E-state index in [4.69, 9.17) is 9.26 Å². The van der Waals surface area contributed by atoms with Gasteiger partial charge in [-0.05, 0) is 17.7 Å². The standard InChI is InChI=1S/C23H22N6O3/c30-15-23(29-12-10-24-11-13-29,31-19-4-2-1-3-5-19)22-27-21(28-32-22)18-8-6-17(7-9-18)20-14-25-16-26-20/h1-9,14-16,24H,10-13H2,(H,25,26). The number of para-hydroxylation sites is 1. The normalized spacial score (nSPS) is 16.4. The first-order valence-electron chi connectivity index (χ1n) is 10.4. The Labute approximate surface area is 184 Å². The van der Waals surface area contributed by atoms with Crippen LogP contribution in [0.15, 0.2) is 71.6 Å². The number of benzene rings is 2. The topological polar surface area (TPSA) is 109 Å². The van der Waals surface area contributed by atoms with Crippen LogP contribution < -0.4 is 10.1 Å². The molecular formula is C23H22N6O3. The summed E-state index contributed by atoms with van der Waals surface area (Å²) in [7, 11) is 0. The highest BCUT2D eigenvalue weighted by Gasteiger charge is 2.47. The molecule has 9 nitrogen and oxygen atoms in total. The maximum Gasteiger partial charge on any atom is 0.299 e. The van der Waals surface area contributed by atoms with Gasteiger partial charge in [-0.15, -0.1) is 0 Å². The summed E-state index contributed by atoms with van der Waals surface area (Å²) in [5.74, 6) is 1.03. The van der Waals surface area contributed by atoms with Gasteiger partial charge in [-0.3, -0.25) is 4.79 Å². The number of hydrogen-bond acceptors (Lipinski definition) is 8. The third-order valence-corrected chi connectivity index (χ3v) is 5.45. The highest BCUT2D eigenvalue weighted by molar-refractivity contribution is 5.66. The number of aromatic nitrogens is 4. The minimum Gasteiger partial charge on any atom is -0.456 e. The van der Waals surface area contributed by atoms with Crippen molar-refractivity contribution in [2.75, 3.05) is 26.2 Å². The van der Waals surface area contributed by atoms with Gasteiger partial charge in [0, 0.05) is 31.7 Å². The molecule has 3 heterocycles. The SMILES string of the molecule is O=CC(Oc1ccccc1)(c1nc(-c2ccc(-c3cnc[nH]3)cc2)no1)N1CCNCC1. The molecule has 1 atom stereocenters. The van der Waals surface area contributed by atoms with E-state index in [1.807, 2.05) is 47.4 Å². The number of rotatable bonds is 7. The number of carbonyl (C=O) groups excluding carboxylic acids is 1.